The standard InChI is InChI=1S/C23H21FN6O/c24-17-10-18(13-26-12-17)27-23(31)22-20-9-15(4-5-21(20)28-29-22)16-8-19(14-25-11-16)30-6-2-1-3-7-30/h4-5,8-14H,1-3,6-7H2,(H,27,31)(H,28,29). The first-order chi connectivity index (χ1) is 15.2. The van der Waals surface area contributed by atoms with E-state index in [0.29, 0.717) is 5.39 Å². The van der Waals surface area contributed by atoms with Gasteiger partial charge in [-0.15, -0.1) is 0 Å². The van der Waals surface area contributed by atoms with Gasteiger partial charge in [0, 0.05) is 36.3 Å². The molecule has 1 aliphatic rings. The van der Waals surface area contributed by atoms with Crippen LogP contribution in [0.5, 0.6) is 0 Å². The molecule has 3 aromatic heterocycles. The lowest BCUT2D eigenvalue weighted by Gasteiger charge is -2.28. The van der Waals surface area contributed by atoms with Crippen molar-refractivity contribution in [1.82, 2.24) is 20.2 Å². The number of nitrogens with one attached hydrogen (secondary N) is 2. The summed E-state index contributed by atoms with van der Waals surface area (Å²) < 4.78 is 13.4. The van der Waals surface area contributed by atoms with E-state index >= 15 is 0 Å². The summed E-state index contributed by atoms with van der Waals surface area (Å²) in [6.45, 7) is 2.09. The van der Waals surface area contributed by atoms with E-state index in [9.17, 15) is 9.18 Å². The van der Waals surface area contributed by atoms with Crippen LogP contribution in [0, 0.1) is 5.82 Å². The van der Waals surface area contributed by atoms with Crippen LogP contribution < -0.4 is 10.2 Å². The monoisotopic (exact) mass is 416 g/mol. The highest BCUT2D eigenvalue weighted by atomic mass is 19.1. The molecule has 4 aromatic rings. The maximum Gasteiger partial charge on any atom is 0.276 e. The summed E-state index contributed by atoms with van der Waals surface area (Å²) in [5.74, 6) is -0.955. The van der Waals surface area contributed by atoms with Crippen molar-refractivity contribution in [2.24, 2.45) is 0 Å². The Morgan fingerprint density at radius 2 is 1.81 bits per heavy atom. The summed E-state index contributed by atoms with van der Waals surface area (Å²) in [4.78, 5) is 23.3. The normalized spacial score (nSPS) is 14.0. The quantitative estimate of drug-likeness (QED) is 0.515. The minimum absolute atomic E-state index is 0.237. The molecule has 4 heterocycles. The number of benzene rings is 1. The number of piperidine rings is 1. The van der Waals surface area contributed by atoms with Gasteiger partial charge in [0.2, 0.25) is 0 Å². The largest absolute Gasteiger partial charge is 0.370 e. The summed E-state index contributed by atoms with van der Waals surface area (Å²) in [6.07, 6.45) is 9.87. The van der Waals surface area contributed by atoms with Gasteiger partial charge in [-0.25, -0.2) is 4.39 Å². The molecule has 1 aliphatic heterocycles. The Hall–Kier alpha value is -3.81. The van der Waals surface area contributed by atoms with Gasteiger partial charge >= 0.3 is 0 Å². The Morgan fingerprint density at radius 3 is 2.65 bits per heavy atom. The maximum absolute atomic E-state index is 13.4. The van der Waals surface area contributed by atoms with Crippen molar-refractivity contribution in [1.29, 1.82) is 0 Å². The first-order valence-electron chi connectivity index (χ1n) is 10.3. The molecule has 0 radical (unpaired) electrons. The Bertz CT molecular complexity index is 1250. The number of hydrogen-bond donors (Lipinski definition) is 2. The molecule has 8 heteroatoms. The third kappa shape index (κ3) is 3.96. The van der Waals surface area contributed by atoms with Crippen LogP contribution in [0.3, 0.4) is 0 Å². The smallest absolute Gasteiger partial charge is 0.276 e. The van der Waals surface area contributed by atoms with Gasteiger partial charge in [-0.05, 0) is 43.0 Å². The van der Waals surface area contributed by atoms with Crippen molar-refractivity contribution in [3.8, 4) is 11.1 Å². The molecule has 0 spiro atoms. The van der Waals surface area contributed by atoms with Gasteiger partial charge in [0.15, 0.2) is 5.69 Å². The minimum atomic E-state index is -0.520. The summed E-state index contributed by atoms with van der Waals surface area (Å²) in [5, 5.41) is 10.4. The lowest BCUT2D eigenvalue weighted by atomic mass is 10.0. The average Bonchev–Trinajstić information content (AvgIpc) is 3.23. The van der Waals surface area contributed by atoms with E-state index in [-0.39, 0.29) is 11.4 Å². The molecule has 1 fully saturated rings. The van der Waals surface area contributed by atoms with E-state index in [4.69, 9.17) is 0 Å². The maximum atomic E-state index is 13.4. The van der Waals surface area contributed by atoms with Gasteiger partial charge in [0.1, 0.15) is 5.82 Å². The second-order valence-electron chi connectivity index (χ2n) is 7.66. The summed E-state index contributed by atoms with van der Waals surface area (Å²) >= 11 is 0. The van der Waals surface area contributed by atoms with Crippen LogP contribution in [0.15, 0.2) is 55.1 Å². The second-order valence-corrected chi connectivity index (χ2v) is 7.66. The van der Waals surface area contributed by atoms with Crippen LogP contribution >= 0.6 is 0 Å². The molecule has 0 unspecified atom stereocenters. The molecule has 1 amide bonds. The zero-order chi connectivity index (χ0) is 21.2. The van der Waals surface area contributed by atoms with Gasteiger partial charge in [-0.1, -0.05) is 6.07 Å². The number of amides is 1. The number of aromatic amines is 1. The first kappa shape index (κ1) is 19.2. The van der Waals surface area contributed by atoms with E-state index in [1.165, 1.54) is 31.5 Å². The molecule has 7 nitrogen and oxygen atoms in total. The molecule has 1 aromatic carbocycles. The van der Waals surface area contributed by atoms with Crippen LogP contribution in [0.4, 0.5) is 15.8 Å². The summed E-state index contributed by atoms with van der Waals surface area (Å²) in [5.41, 5.74) is 4.29. The number of carbonyl (C=O) groups excluding carboxylic acids is 1. The van der Waals surface area contributed by atoms with Gasteiger partial charge in [-0.2, -0.15) is 5.10 Å². The van der Waals surface area contributed by atoms with Crippen LogP contribution in [0.25, 0.3) is 22.0 Å². The highest BCUT2D eigenvalue weighted by molar-refractivity contribution is 6.11. The van der Waals surface area contributed by atoms with Gasteiger partial charge in [-0.3, -0.25) is 19.9 Å². The number of carbonyl (C=O) groups is 1. The number of aromatic nitrogens is 4. The Balaban J connectivity index is 1.46. The van der Waals surface area contributed by atoms with Crippen molar-refractivity contribution in [3.05, 3.63) is 66.6 Å². The number of halogens is 1. The molecule has 0 bridgehead atoms. The predicted molar refractivity (Wildman–Crippen MR) is 118 cm³/mol. The first-order valence-corrected chi connectivity index (χ1v) is 10.3. The molecule has 31 heavy (non-hydrogen) atoms. The number of anilines is 2. The lowest BCUT2D eigenvalue weighted by molar-refractivity contribution is 0.102. The fraction of sp³-hybridized carbons (Fsp3) is 0.217. The average molecular weight is 416 g/mol. The Kier molecular flexibility index (Phi) is 5.03. The van der Waals surface area contributed by atoms with Gasteiger partial charge in [0.05, 0.1) is 35.5 Å². The topological polar surface area (TPSA) is 86.8 Å². The molecule has 1 saturated heterocycles. The Morgan fingerprint density at radius 1 is 0.968 bits per heavy atom. The number of nitrogens with zero attached hydrogens (tertiary/aromatic N) is 4. The summed E-state index contributed by atoms with van der Waals surface area (Å²) in [7, 11) is 0. The minimum Gasteiger partial charge on any atom is -0.370 e. The molecule has 0 atom stereocenters. The third-order valence-corrected chi connectivity index (χ3v) is 5.52. The molecular formula is C23H21FN6O. The number of pyridine rings is 2. The van der Waals surface area contributed by atoms with Gasteiger partial charge in [0.25, 0.3) is 5.91 Å². The predicted octanol–water partition coefficient (Wildman–Crippen LogP) is 4.40. The van der Waals surface area contributed by atoms with Crippen molar-refractivity contribution in [2.45, 2.75) is 19.3 Å². The van der Waals surface area contributed by atoms with Crippen LogP contribution in [-0.4, -0.2) is 39.2 Å². The zero-order valence-electron chi connectivity index (χ0n) is 16.8. The van der Waals surface area contributed by atoms with Crippen molar-refractivity contribution in [3.63, 3.8) is 0 Å². The molecule has 5 rings (SSSR count). The molecule has 2 N–H and O–H groups in total. The van der Waals surface area contributed by atoms with E-state index in [2.05, 4.69) is 36.4 Å². The Labute approximate surface area is 178 Å². The molecular weight excluding hydrogens is 395 g/mol. The van der Waals surface area contributed by atoms with E-state index < -0.39 is 11.7 Å². The molecule has 0 aliphatic carbocycles. The van der Waals surface area contributed by atoms with E-state index in [0.717, 1.165) is 41.6 Å². The number of rotatable bonds is 4. The zero-order valence-corrected chi connectivity index (χ0v) is 16.8. The van der Waals surface area contributed by atoms with E-state index in [1.807, 2.05) is 30.6 Å². The van der Waals surface area contributed by atoms with Crippen molar-refractivity contribution < 1.29 is 9.18 Å². The number of fused-ring (bicyclic) bond motifs is 1. The summed E-state index contributed by atoms with van der Waals surface area (Å²) in [6, 6.07) is 9.15. The van der Waals surface area contributed by atoms with Gasteiger partial charge < -0.3 is 10.2 Å². The fourth-order valence-electron chi connectivity index (χ4n) is 3.95. The van der Waals surface area contributed by atoms with Crippen molar-refractivity contribution in [2.75, 3.05) is 23.3 Å². The van der Waals surface area contributed by atoms with Crippen LogP contribution in [0.2, 0.25) is 0 Å². The highest BCUT2D eigenvalue weighted by Crippen LogP contribution is 2.29. The number of H-pyrrole nitrogens is 1. The molecule has 156 valence electrons. The third-order valence-electron chi connectivity index (χ3n) is 5.52. The second kappa shape index (κ2) is 8.14. The number of hydrogen-bond acceptors (Lipinski definition) is 5. The van der Waals surface area contributed by atoms with Crippen molar-refractivity contribution >= 4 is 28.2 Å². The van der Waals surface area contributed by atoms with Crippen LogP contribution in [-0.2, 0) is 0 Å². The SMILES string of the molecule is O=C(Nc1cncc(F)c1)c1n[nH]c2ccc(-c3cncc(N4CCCCC4)c3)cc12. The lowest BCUT2D eigenvalue weighted by Crippen LogP contribution is -2.29. The fourth-order valence-corrected chi connectivity index (χ4v) is 3.95. The highest BCUT2D eigenvalue weighted by Gasteiger charge is 2.17. The molecule has 0 saturated carbocycles. The van der Waals surface area contributed by atoms with Crippen LogP contribution in [0.1, 0.15) is 29.8 Å². The van der Waals surface area contributed by atoms with E-state index in [1.54, 1.807) is 0 Å².